The first-order valence-corrected chi connectivity index (χ1v) is 9.17. The fraction of sp³-hybridized carbons (Fsp3) is 0.0833. The minimum Gasteiger partial charge on any atom is -0.481 e. The molecule has 4 heteroatoms. The van der Waals surface area contributed by atoms with Crippen molar-refractivity contribution in [1.29, 1.82) is 0 Å². The molecule has 0 aliphatic carbocycles. The van der Waals surface area contributed by atoms with E-state index >= 15 is 0 Å². The van der Waals surface area contributed by atoms with Crippen LogP contribution in [0.3, 0.4) is 0 Å². The summed E-state index contributed by atoms with van der Waals surface area (Å²) in [5.74, 6) is 0.351. The van der Waals surface area contributed by atoms with Crippen LogP contribution in [0.25, 0.3) is 21.5 Å². The Balaban J connectivity index is 1.41. The molecule has 0 aromatic heterocycles. The molecular weight excluding hydrogens is 348 g/mol. The minimum absolute atomic E-state index is 0.301. The maximum atomic E-state index is 12.3. The van der Waals surface area contributed by atoms with Gasteiger partial charge in [0.1, 0.15) is 5.75 Å². The van der Waals surface area contributed by atoms with Crippen LogP contribution in [0.5, 0.6) is 5.75 Å². The third-order valence-electron chi connectivity index (χ3n) is 4.60. The standard InChI is InChI=1S/C24H20N2O2/c1-17(28-22-14-13-18-7-2-3-9-20(18)15-22)24(27)26-25-16-21-11-6-10-19-8-4-5-12-23(19)21/h2-17H,1H3,(H,26,27)/b25-16-/t17-/m0/s1. The third-order valence-corrected chi connectivity index (χ3v) is 4.60. The predicted octanol–water partition coefficient (Wildman–Crippen LogP) is 4.91. The lowest BCUT2D eigenvalue weighted by Crippen LogP contribution is -2.33. The van der Waals surface area contributed by atoms with Gasteiger partial charge in [0.25, 0.3) is 5.91 Å². The van der Waals surface area contributed by atoms with Crippen molar-refractivity contribution < 1.29 is 9.53 Å². The summed E-state index contributed by atoms with van der Waals surface area (Å²) in [4.78, 5) is 12.3. The number of nitrogens with one attached hydrogen (secondary N) is 1. The smallest absolute Gasteiger partial charge is 0.280 e. The molecule has 0 saturated heterocycles. The highest BCUT2D eigenvalue weighted by molar-refractivity contribution is 6.00. The lowest BCUT2D eigenvalue weighted by atomic mass is 10.1. The molecule has 4 aromatic rings. The molecule has 4 aromatic carbocycles. The molecule has 138 valence electrons. The van der Waals surface area contributed by atoms with E-state index in [2.05, 4.69) is 10.5 Å². The maximum Gasteiger partial charge on any atom is 0.280 e. The van der Waals surface area contributed by atoms with E-state index in [1.807, 2.05) is 84.9 Å². The zero-order valence-corrected chi connectivity index (χ0v) is 15.5. The van der Waals surface area contributed by atoms with Gasteiger partial charge in [-0.3, -0.25) is 4.79 Å². The second-order valence-corrected chi connectivity index (χ2v) is 6.57. The van der Waals surface area contributed by atoms with E-state index in [9.17, 15) is 4.79 Å². The van der Waals surface area contributed by atoms with E-state index in [1.165, 1.54) is 0 Å². The van der Waals surface area contributed by atoms with E-state index in [-0.39, 0.29) is 5.91 Å². The lowest BCUT2D eigenvalue weighted by Gasteiger charge is -2.13. The average molecular weight is 368 g/mol. The number of amides is 1. The Kier molecular flexibility index (Phi) is 5.02. The number of hydrazone groups is 1. The van der Waals surface area contributed by atoms with Gasteiger partial charge < -0.3 is 4.74 Å². The van der Waals surface area contributed by atoms with Gasteiger partial charge in [0.15, 0.2) is 6.10 Å². The number of fused-ring (bicyclic) bond motifs is 2. The number of nitrogens with zero attached hydrogens (tertiary/aromatic N) is 1. The van der Waals surface area contributed by atoms with Gasteiger partial charge in [-0.1, -0.05) is 72.8 Å². The second-order valence-electron chi connectivity index (χ2n) is 6.57. The first kappa shape index (κ1) is 17.7. The Morgan fingerprint density at radius 3 is 2.46 bits per heavy atom. The minimum atomic E-state index is -0.661. The number of carbonyl (C=O) groups excluding carboxylic acids is 1. The molecule has 0 bridgehead atoms. The van der Waals surface area contributed by atoms with Crippen molar-refractivity contribution in [2.45, 2.75) is 13.0 Å². The quantitative estimate of drug-likeness (QED) is 0.402. The highest BCUT2D eigenvalue weighted by Crippen LogP contribution is 2.21. The van der Waals surface area contributed by atoms with Crippen molar-refractivity contribution in [1.82, 2.24) is 5.43 Å². The molecule has 0 heterocycles. The van der Waals surface area contributed by atoms with Crippen molar-refractivity contribution in [3.8, 4) is 5.75 Å². The van der Waals surface area contributed by atoms with Crippen LogP contribution in [-0.4, -0.2) is 18.2 Å². The SMILES string of the molecule is C[C@H](Oc1ccc2ccccc2c1)C(=O)N/N=C\c1cccc2ccccc12. The van der Waals surface area contributed by atoms with Gasteiger partial charge in [-0.05, 0) is 40.6 Å². The molecule has 1 N–H and O–H groups in total. The topological polar surface area (TPSA) is 50.7 Å². The molecule has 0 fully saturated rings. The fourth-order valence-corrected chi connectivity index (χ4v) is 3.12. The van der Waals surface area contributed by atoms with Crippen LogP contribution in [0.15, 0.2) is 90.0 Å². The highest BCUT2D eigenvalue weighted by Gasteiger charge is 2.14. The van der Waals surface area contributed by atoms with Crippen molar-refractivity contribution in [2.75, 3.05) is 0 Å². The summed E-state index contributed by atoms with van der Waals surface area (Å²) in [5, 5.41) is 8.52. The molecule has 1 atom stereocenters. The molecule has 28 heavy (non-hydrogen) atoms. The number of ether oxygens (including phenoxy) is 1. The molecule has 4 nitrogen and oxygen atoms in total. The summed E-state index contributed by atoms with van der Waals surface area (Å²) in [5.41, 5.74) is 3.50. The molecule has 0 radical (unpaired) electrons. The van der Waals surface area contributed by atoms with Crippen molar-refractivity contribution in [3.63, 3.8) is 0 Å². The van der Waals surface area contributed by atoms with Gasteiger partial charge in [0.2, 0.25) is 0 Å². The number of rotatable bonds is 5. The average Bonchev–Trinajstić information content (AvgIpc) is 2.73. The molecule has 4 rings (SSSR count). The maximum absolute atomic E-state index is 12.3. The van der Waals surface area contributed by atoms with Gasteiger partial charge in [0, 0.05) is 5.56 Å². The molecule has 1 amide bonds. The highest BCUT2D eigenvalue weighted by atomic mass is 16.5. The summed E-state index contributed by atoms with van der Waals surface area (Å²) in [6.07, 6.45) is 0.994. The van der Waals surface area contributed by atoms with E-state index in [1.54, 1.807) is 13.1 Å². The summed E-state index contributed by atoms with van der Waals surface area (Å²) in [7, 11) is 0. The van der Waals surface area contributed by atoms with Crippen molar-refractivity contribution in [3.05, 3.63) is 90.5 Å². The Bertz CT molecular complexity index is 1160. The third kappa shape index (κ3) is 3.86. The van der Waals surface area contributed by atoms with Crippen molar-refractivity contribution >= 4 is 33.7 Å². The van der Waals surface area contributed by atoms with E-state index in [4.69, 9.17) is 4.74 Å². The van der Waals surface area contributed by atoms with E-state index in [0.29, 0.717) is 5.75 Å². The Hall–Kier alpha value is -3.66. The Labute approximate surface area is 163 Å². The number of hydrogen-bond donors (Lipinski definition) is 1. The number of carbonyl (C=O) groups is 1. The van der Waals surface area contributed by atoms with Crippen LogP contribution >= 0.6 is 0 Å². The second kappa shape index (κ2) is 7.92. The van der Waals surface area contributed by atoms with Gasteiger partial charge in [-0.15, -0.1) is 0 Å². The molecular formula is C24H20N2O2. The van der Waals surface area contributed by atoms with Gasteiger partial charge in [0.05, 0.1) is 6.21 Å². The Morgan fingerprint density at radius 1 is 0.893 bits per heavy atom. The first-order valence-electron chi connectivity index (χ1n) is 9.17. The molecule has 0 aliphatic rings. The summed E-state index contributed by atoms with van der Waals surface area (Å²) >= 11 is 0. The van der Waals surface area contributed by atoms with E-state index in [0.717, 1.165) is 27.1 Å². The molecule has 0 unspecified atom stereocenters. The van der Waals surface area contributed by atoms with Crippen LogP contribution in [0.2, 0.25) is 0 Å². The molecule has 0 spiro atoms. The number of hydrogen-bond acceptors (Lipinski definition) is 3. The normalized spacial score (nSPS) is 12.3. The van der Waals surface area contributed by atoms with Crippen LogP contribution < -0.4 is 10.2 Å². The van der Waals surface area contributed by atoms with Crippen LogP contribution in [-0.2, 0) is 4.79 Å². The van der Waals surface area contributed by atoms with Crippen molar-refractivity contribution in [2.24, 2.45) is 5.10 Å². The zero-order valence-electron chi connectivity index (χ0n) is 15.5. The molecule has 0 aliphatic heterocycles. The lowest BCUT2D eigenvalue weighted by molar-refractivity contribution is -0.127. The molecule has 0 saturated carbocycles. The summed E-state index contributed by atoms with van der Waals surface area (Å²) in [6, 6.07) is 27.8. The monoisotopic (exact) mass is 368 g/mol. The Morgan fingerprint density at radius 2 is 1.61 bits per heavy atom. The van der Waals surface area contributed by atoms with E-state index < -0.39 is 6.10 Å². The van der Waals surface area contributed by atoms with Crippen LogP contribution in [0.1, 0.15) is 12.5 Å². The predicted molar refractivity (Wildman–Crippen MR) is 114 cm³/mol. The van der Waals surface area contributed by atoms with Crippen LogP contribution in [0, 0.1) is 0 Å². The zero-order chi connectivity index (χ0) is 19.3. The number of benzene rings is 4. The fourth-order valence-electron chi connectivity index (χ4n) is 3.12. The van der Waals surface area contributed by atoms with Gasteiger partial charge >= 0.3 is 0 Å². The first-order chi connectivity index (χ1) is 13.7. The van der Waals surface area contributed by atoms with Gasteiger partial charge in [-0.25, -0.2) is 5.43 Å². The van der Waals surface area contributed by atoms with Crippen LogP contribution in [0.4, 0.5) is 0 Å². The summed E-state index contributed by atoms with van der Waals surface area (Å²) < 4.78 is 5.77. The summed E-state index contributed by atoms with van der Waals surface area (Å²) in [6.45, 7) is 1.71. The van der Waals surface area contributed by atoms with Gasteiger partial charge in [-0.2, -0.15) is 5.10 Å². The largest absolute Gasteiger partial charge is 0.481 e.